The predicted molar refractivity (Wildman–Crippen MR) is 95.8 cm³/mol. The van der Waals surface area contributed by atoms with E-state index in [-0.39, 0.29) is 18.6 Å². The second kappa shape index (κ2) is 8.63. The van der Waals surface area contributed by atoms with Gasteiger partial charge in [-0.15, -0.1) is 0 Å². The summed E-state index contributed by atoms with van der Waals surface area (Å²) in [5, 5.41) is 17.4. The monoisotopic (exact) mass is 332 g/mol. The van der Waals surface area contributed by atoms with Crippen LogP contribution >= 0.6 is 0 Å². The van der Waals surface area contributed by atoms with Crippen molar-refractivity contribution in [1.29, 1.82) is 0 Å². The molecular weight excluding hydrogens is 304 g/mol. The molecule has 0 saturated heterocycles. The zero-order chi connectivity index (χ0) is 17.5. The minimum Gasteiger partial charge on any atom is -0.394 e. The number of nitrogens with one attached hydrogen (secondary N) is 1. The maximum absolute atomic E-state index is 9.57. The lowest BCUT2D eigenvalue weighted by Gasteiger charge is -2.18. The smallest absolute Gasteiger partial charge is 0.221 e. The Morgan fingerprint density at radius 2 is 2.17 bits per heavy atom. The number of nitrogens with two attached hydrogens (primary N) is 1. The Balaban J connectivity index is 2.08. The number of aromatic nitrogens is 4. The van der Waals surface area contributed by atoms with Crippen LogP contribution in [0.2, 0.25) is 0 Å². The van der Waals surface area contributed by atoms with Crippen LogP contribution in [0, 0.1) is 6.92 Å². The van der Waals surface area contributed by atoms with E-state index in [1.54, 1.807) is 6.20 Å². The first-order chi connectivity index (χ1) is 11.5. The Morgan fingerprint density at radius 3 is 2.79 bits per heavy atom. The largest absolute Gasteiger partial charge is 0.394 e. The number of unbranched alkanes of at least 4 members (excludes halogenated alkanes) is 1. The summed E-state index contributed by atoms with van der Waals surface area (Å²) in [6.45, 7) is 4.25. The number of aliphatic hydroxyl groups excluding tert-OH is 1. The van der Waals surface area contributed by atoms with Crippen molar-refractivity contribution in [2.24, 2.45) is 7.05 Å². The maximum Gasteiger partial charge on any atom is 0.221 e. The molecule has 24 heavy (non-hydrogen) atoms. The van der Waals surface area contributed by atoms with Crippen LogP contribution in [-0.4, -0.2) is 37.5 Å². The van der Waals surface area contributed by atoms with Gasteiger partial charge in [-0.2, -0.15) is 10.1 Å². The highest BCUT2D eigenvalue weighted by Crippen LogP contribution is 2.18. The van der Waals surface area contributed by atoms with Gasteiger partial charge in [0.25, 0.3) is 0 Å². The lowest BCUT2D eigenvalue weighted by Crippen LogP contribution is -2.25. The molecule has 2 aromatic rings. The molecule has 132 valence electrons. The van der Waals surface area contributed by atoms with Gasteiger partial charge in [0, 0.05) is 24.5 Å². The number of hydrogen-bond acceptors (Lipinski definition) is 6. The van der Waals surface area contributed by atoms with Gasteiger partial charge in [0.15, 0.2) is 0 Å². The van der Waals surface area contributed by atoms with E-state index in [4.69, 9.17) is 5.73 Å². The Bertz CT molecular complexity index is 635. The van der Waals surface area contributed by atoms with Gasteiger partial charge < -0.3 is 16.2 Å². The van der Waals surface area contributed by atoms with Gasteiger partial charge in [0.2, 0.25) is 5.95 Å². The highest BCUT2D eigenvalue weighted by atomic mass is 16.3. The van der Waals surface area contributed by atoms with Crippen LogP contribution < -0.4 is 11.1 Å². The number of rotatable bonds is 9. The molecule has 0 aromatic carbocycles. The first-order valence-electron chi connectivity index (χ1n) is 8.51. The summed E-state index contributed by atoms with van der Waals surface area (Å²) >= 11 is 0. The van der Waals surface area contributed by atoms with Gasteiger partial charge in [0.05, 0.1) is 18.3 Å². The van der Waals surface area contributed by atoms with Crippen molar-refractivity contribution < 1.29 is 5.11 Å². The van der Waals surface area contributed by atoms with E-state index in [9.17, 15) is 5.11 Å². The van der Waals surface area contributed by atoms with Crippen molar-refractivity contribution in [3.63, 3.8) is 0 Å². The molecule has 7 nitrogen and oxygen atoms in total. The third kappa shape index (κ3) is 4.92. The predicted octanol–water partition coefficient (Wildman–Crippen LogP) is 1.85. The zero-order valence-corrected chi connectivity index (χ0v) is 14.8. The third-order valence-electron chi connectivity index (χ3n) is 4.17. The SMILES string of the molecule is CCCCC(CO)Nc1nc(N)ncc1CCc1cc(C)n(C)n1. The molecule has 0 aliphatic carbocycles. The molecule has 0 aliphatic rings. The Hall–Kier alpha value is -2.15. The van der Waals surface area contributed by atoms with Crippen LogP contribution in [0.25, 0.3) is 0 Å². The average Bonchev–Trinajstić information content (AvgIpc) is 2.88. The average molecular weight is 332 g/mol. The molecule has 0 spiro atoms. The molecule has 2 rings (SSSR count). The van der Waals surface area contributed by atoms with E-state index in [0.717, 1.165) is 49.1 Å². The molecule has 0 radical (unpaired) electrons. The van der Waals surface area contributed by atoms with Gasteiger partial charge >= 0.3 is 0 Å². The first-order valence-corrected chi connectivity index (χ1v) is 8.51. The van der Waals surface area contributed by atoms with Crippen LogP contribution in [0.4, 0.5) is 11.8 Å². The fraction of sp³-hybridized carbons (Fsp3) is 0.588. The lowest BCUT2D eigenvalue weighted by molar-refractivity contribution is 0.267. The minimum atomic E-state index is -0.0184. The molecule has 1 unspecified atom stereocenters. The molecule has 0 saturated carbocycles. The molecule has 4 N–H and O–H groups in total. The van der Waals surface area contributed by atoms with Crippen molar-refractivity contribution in [1.82, 2.24) is 19.7 Å². The van der Waals surface area contributed by atoms with Crippen molar-refractivity contribution in [3.05, 3.63) is 29.2 Å². The number of nitrogens with zero attached hydrogens (tertiary/aromatic N) is 4. The number of nitrogen functional groups attached to an aromatic ring is 1. The van der Waals surface area contributed by atoms with Crippen molar-refractivity contribution in [3.8, 4) is 0 Å². The topological polar surface area (TPSA) is 102 Å². The number of aliphatic hydroxyl groups is 1. The molecular formula is C17H28N6O. The van der Waals surface area contributed by atoms with E-state index < -0.39 is 0 Å². The molecule has 7 heteroatoms. The summed E-state index contributed by atoms with van der Waals surface area (Å²) in [6, 6.07) is 2.07. The van der Waals surface area contributed by atoms with Gasteiger partial charge in [-0.3, -0.25) is 4.68 Å². The van der Waals surface area contributed by atoms with E-state index >= 15 is 0 Å². The summed E-state index contributed by atoms with van der Waals surface area (Å²) in [5.74, 6) is 0.951. The number of aryl methyl sites for hydroxylation is 4. The van der Waals surface area contributed by atoms with Gasteiger partial charge in [-0.1, -0.05) is 19.8 Å². The van der Waals surface area contributed by atoms with E-state index in [0.29, 0.717) is 5.82 Å². The fourth-order valence-corrected chi connectivity index (χ4v) is 2.60. The molecule has 0 aliphatic heterocycles. The fourth-order valence-electron chi connectivity index (χ4n) is 2.60. The lowest BCUT2D eigenvalue weighted by atomic mass is 10.1. The molecule has 1 atom stereocenters. The normalized spacial score (nSPS) is 12.3. The maximum atomic E-state index is 9.57. The highest BCUT2D eigenvalue weighted by molar-refractivity contribution is 5.47. The second-order valence-corrected chi connectivity index (χ2v) is 6.17. The summed E-state index contributed by atoms with van der Waals surface area (Å²) in [5.41, 5.74) is 8.90. The molecule has 0 fully saturated rings. The minimum absolute atomic E-state index is 0.0184. The number of anilines is 2. The van der Waals surface area contributed by atoms with Crippen molar-refractivity contribution in [2.75, 3.05) is 17.7 Å². The summed E-state index contributed by atoms with van der Waals surface area (Å²) in [7, 11) is 1.94. The molecule has 2 heterocycles. The first kappa shape index (κ1) is 18.2. The van der Waals surface area contributed by atoms with Crippen LogP contribution in [-0.2, 0) is 19.9 Å². The van der Waals surface area contributed by atoms with Crippen LogP contribution in [0.15, 0.2) is 12.3 Å². The quantitative estimate of drug-likeness (QED) is 0.648. The summed E-state index contributed by atoms with van der Waals surface area (Å²) in [6.07, 6.45) is 6.38. The van der Waals surface area contributed by atoms with E-state index in [2.05, 4.69) is 33.4 Å². The van der Waals surface area contributed by atoms with Crippen LogP contribution in [0.3, 0.4) is 0 Å². The van der Waals surface area contributed by atoms with Crippen LogP contribution in [0.1, 0.15) is 43.1 Å². The van der Waals surface area contributed by atoms with Gasteiger partial charge in [-0.05, 0) is 32.3 Å². The van der Waals surface area contributed by atoms with E-state index in [1.807, 2.05) is 18.7 Å². The Labute approximate surface area is 143 Å². The van der Waals surface area contributed by atoms with E-state index in [1.165, 1.54) is 0 Å². The molecule has 0 bridgehead atoms. The molecule has 0 amide bonds. The Kier molecular flexibility index (Phi) is 6.54. The second-order valence-electron chi connectivity index (χ2n) is 6.17. The third-order valence-corrected chi connectivity index (χ3v) is 4.17. The van der Waals surface area contributed by atoms with Crippen LogP contribution in [0.5, 0.6) is 0 Å². The van der Waals surface area contributed by atoms with Crippen molar-refractivity contribution in [2.45, 2.75) is 52.0 Å². The standard InChI is InChI=1S/C17H28N6O/c1-4-5-6-15(11-24)20-16-13(10-19-17(18)21-16)7-8-14-9-12(2)23(3)22-14/h9-10,15,24H,4-8,11H2,1-3H3,(H3,18,19,20,21). The summed E-state index contributed by atoms with van der Waals surface area (Å²) in [4.78, 5) is 8.43. The summed E-state index contributed by atoms with van der Waals surface area (Å²) < 4.78 is 1.88. The number of hydrogen-bond donors (Lipinski definition) is 3. The zero-order valence-electron chi connectivity index (χ0n) is 14.8. The van der Waals surface area contributed by atoms with Gasteiger partial charge in [0.1, 0.15) is 5.82 Å². The highest BCUT2D eigenvalue weighted by Gasteiger charge is 2.13. The Morgan fingerprint density at radius 1 is 1.38 bits per heavy atom. The van der Waals surface area contributed by atoms with Gasteiger partial charge in [-0.25, -0.2) is 4.98 Å². The van der Waals surface area contributed by atoms with Crippen molar-refractivity contribution >= 4 is 11.8 Å². The molecule has 2 aromatic heterocycles.